The number of amides is 2. The second-order valence-electron chi connectivity index (χ2n) is 5.20. The Bertz CT molecular complexity index is 801. The Kier molecular flexibility index (Phi) is 8.19. The fourth-order valence-corrected chi connectivity index (χ4v) is 2.44. The van der Waals surface area contributed by atoms with Crippen molar-refractivity contribution >= 4 is 35.0 Å². The number of benzene rings is 2. The van der Waals surface area contributed by atoms with Crippen molar-refractivity contribution in [3.63, 3.8) is 0 Å². The van der Waals surface area contributed by atoms with E-state index in [9.17, 15) is 9.59 Å². The maximum absolute atomic E-state index is 12.3. The average Bonchev–Trinajstić information content (AvgIpc) is 2.66. The lowest BCUT2D eigenvalue weighted by Crippen LogP contribution is -2.44. The van der Waals surface area contributed by atoms with Crippen molar-refractivity contribution in [3.8, 4) is 11.5 Å². The number of para-hydroxylation sites is 1. The standard InChI is InChI=1S/C18H18Cl2N2O5/c1-25-8-9-26-15-5-3-2-4-13(15)18(24)22-21-17(23)11-27-16-7-6-12(19)10-14(16)20/h2-7,10H,8-9,11H2,1H3,(H,21,23)(H,22,24). The van der Waals surface area contributed by atoms with Gasteiger partial charge in [0.05, 0.1) is 17.2 Å². The molecular formula is C18H18Cl2N2O5. The van der Waals surface area contributed by atoms with Crippen molar-refractivity contribution in [2.24, 2.45) is 0 Å². The first-order valence-electron chi connectivity index (χ1n) is 7.89. The fraction of sp³-hybridized carbons (Fsp3) is 0.222. The van der Waals surface area contributed by atoms with Crippen LogP contribution in [0.2, 0.25) is 10.0 Å². The predicted molar refractivity (Wildman–Crippen MR) is 101 cm³/mol. The molecule has 0 aliphatic carbocycles. The number of hydrogen-bond donors (Lipinski definition) is 2. The van der Waals surface area contributed by atoms with Gasteiger partial charge in [-0.25, -0.2) is 0 Å². The number of rotatable bonds is 8. The van der Waals surface area contributed by atoms with Crippen molar-refractivity contribution < 1.29 is 23.8 Å². The van der Waals surface area contributed by atoms with E-state index >= 15 is 0 Å². The first kappa shape index (κ1) is 20.8. The highest BCUT2D eigenvalue weighted by molar-refractivity contribution is 6.35. The number of ether oxygens (including phenoxy) is 3. The highest BCUT2D eigenvalue weighted by atomic mass is 35.5. The van der Waals surface area contributed by atoms with Gasteiger partial charge in [0.1, 0.15) is 18.1 Å². The second kappa shape index (κ2) is 10.6. The number of hydrogen-bond acceptors (Lipinski definition) is 5. The zero-order valence-corrected chi connectivity index (χ0v) is 16.0. The smallest absolute Gasteiger partial charge is 0.276 e. The van der Waals surface area contributed by atoms with Crippen LogP contribution in [0.15, 0.2) is 42.5 Å². The molecule has 0 spiro atoms. The predicted octanol–water partition coefficient (Wildman–Crippen LogP) is 2.86. The Morgan fingerprint density at radius 2 is 1.74 bits per heavy atom. The number of carbonyl (C=O) groups is 2. The summed E-state index contributed by atoms with van der Waals surface area (Å²) in [5.41, 5.74) is 4.84. The Morgan fingerprint density at radius 3 is 2.48 bits per heavy atom. The summed E-state index contributed by atoms with van der Waals surface area (Å²) in [5, 5.41) is 0.733. The number of hydrazine groups is 1. The van der Waals surface area contributed by atoms with Crippen LogP contribution >= 0.6 is 23.2 Å². The molecule has 7 nitrogen and oxygen atoms in total. The average molecular weight is 413 g/mol. The van der Waals surface area contributed by atoms with Gasteiger partial charge in [0.25, 0.3) is 11.8 Å². The molecule has 9 heteroatoms. The molecule has 0 heterocycles. The number of nitrogens with one attached hydrogen (secondary N) is 2. The largest absolute Gasteiger partial charge is 0.490 e. The van der Waals surface area contributed by atoms with Gasteiger partial charge in [-0.2, -0.15) is 0 Å². The molecule has 0 saturated heterocycles. The van der Waals surface area contributed by atoms with E-state index in [1.165, 1.54) is 6.07 Å². The zero-order chi connectivity index (χ0) is 19.6. The van der Waals surface area contributed by atoms with Crippen LogP contribution in [-0.2, 0) is 9.53 Å². The maximum atomic E-state index is 12.3. The van der Waals surface area contributed by atoms with E-state index in [2.05, 4.69) is 10.9 Å². The summed E-state index contributed by atoms with van der Waals surface area (Å²) in [6, 6.07) is 11.3. The van der Waals surface area contributed by atoms with Crippen molar-refractivity contribution in [3.05, 3.63) is 58.1 Å². The Balaban J connectivity index is 1.85. The van der Waals surface area contributed by atoms with E-state index < -0.39 is 11.8 Å². The summed E-state index contributed by atoms with van der Waals surface area (Å²) in [6.45, 7) is 0.341. The number of methoxy groups -OCH3 is 1. The molecule has 2 N–H and O–H groups in total. The van der Waals surface area contributed by atoms with Gasteiger partial charge in [-0.1, -0.05) is 35.3 Å². The summed E-state index contributed by atoms with van der Waals surface area (Å²) in [7, 11) is 1.55. The SMILES string of the molecule is COCCOc1ccccc1C(=O)NNC(=O)COc1ccc(Cl)cc1Cl. The van der Waals surface area contributed by atoms with E-state index in [0.717, 1.165) is 0 Å². The van der Waals surface area contributed by atoms with Crippen molar-refractivity contribution in [1.82, 2.24) is 10.9 Å². The Morgan fingerprint density at radius 1 is 0.963 bits per heavy atom. The van der Waals surface area contributed by atoms with Crippen LogP contribution in [-0.4, -0.2) is 38.7 Å². The summed E-state index contributed by atoms with van der Waals surface area (Å²) in [4.78, 5) is 24.1. The van der Waals surface area contributed by atoms with E-state index in [1.807, 2.05) is 0 Å². The molecule has 27 heavy (non-hydrogen) atoms. The molecule has 2 aromatic carbocycles. The van der Waals surface area contributed by atoms with Gasteiger partial charge in [0, 0.05) is 12.1 Å². The number of halogens is 2. The highest BCUT2D eigenvalue weighted by Crippen LogP contribution is 2.27. The van der Waals surface area contributed by atoms with Crippen LogP contribution in [0.1, 0.15) is 10.4 Å². The van der Waals surface area contributed by atoms with Crippen LogP contribution in [0.5, 0.6) is 11.5 Å². The summed E-state index contributed by atoms with van der Waals surface area (Å²) >= 11 is 11.7. The summed E-state index contributed by atoms with van der Waals surface area (Å²) in [5.74, 6) is -0.405. The molecule has 0 aromatic heterocycles. The van der Waals surface area contributed by atoms with Gasteiger partial charge in [-0.05, 0) is 30.3 Å². The highest BCUT2D eigenvalue weighted by Gasteiger charge is 2.13. The molecule has 0 bridgehead atoms. The molecule has 2 aromatic rings. The monoisotopic (exact) mass is 412 g/mol. The zero-order valence-electron chi connectivity index (χ0n) is 14.5. The minimum atomic E-state index is -0.563. The van der Waals surface area contributed by atoms with E-state index in [1.54, 1.807) is 43.5 Å². The summed E-state index contributed by atoms with van der Waals surface area (Å²) in [6.07, 6.45) is 0. The van der Waals surface area contributed by atoms with Crippen LogP contribution in [0.4, 0.5) is 0 Å². The third kappa shape index (κ3) is 6.63. The van der Waals surface area contributed by atoms with E-state index in [0.29, 0.717) is 29.7 Å². The van der Waals surface area contributed by atoms with Gasteiger partial charge >= 0.3 is 0 Å². The van der Waals surface area contributed by atoms with Crippen LogP contribution in [0.3, 0.4) is 0 Å². The third-order valence-corrected chi connectivity index (χ3v) is 3.78. The molecule has 0 unspecified atom stereocenters. The minimum absolute atomic E-state index is 0.274. The minimum Gasteiger partial charge on any atom is -0.490 e. The molecule has 2 amide bonds. The molecule has 0 saturated carbocycles. The molecule has 0 fully saturated rings. The fourth-order valence-electron chi connectivity index (χ4n) is 1.98. The quantitative estimate of drug-likeness (QED) is 0.514. The van der Waals surface area contributed by atoms with Gasteiger partial charge in [0.2, 0.25) is 0 Å². The first-order chi connectivity index (χ1) is 13.0. The molecule has 144 valence electrons. The van der Waals surface area contributed by atoms with Crippen molar-refractivity contribution in [2.75, 3.05) is 26.9 Å². The third-order valence-electron chi connectivity index (χ3n) is 3.24. The van der Waals surface area contributed by atoms with Crippen molar-refractivity contribution in [2.45, 2.75) is 0 Å². The van der Waals surface area contributed by atoms with Crippen LogP contribution < -0.4 is 20.3 Å². The van der Waals surface area contributed by atoms with Gasteiger partial charge < -0.3 is 14.2 Å². The Hall–Kier alpha value is -2.48. The number of carbonyl (C=O) groups excluding carboxylic acids is 2. The molecule has 0 atom stereocenters. The van der Waals surface area contributed by atoms with Gasteiger partial charge in [0.15, 0.2) is 6.61 Å². The van der Waals surface area contributed by atoms with Crippen molar-refractivity contribution in [1.29, 1.82) is 0 Å². The second-order valence-corrected chi connectivity index (χ2v) is 6.05. The van der Waals surface area contributed by atoms with E-state index in [4.69, 9.17) is 37.4 Å². The molecule has 0 aliphatic heterocycles. The molecule has 0 aliphatic rings. The van der Waals surface area contributed by atoms with E-state index in [-0.39, 0.29) is 17.2 Å². The first-order valence-corrected chi connectivity index (χ1v) is 8.64. The lowest BCUT2D eigenvalue weighted by molar-refractivity contribution is -0.123. The van der Waals surface area contributed by atoms with Crippen LogP contribution in [0, 0.1) is 0 Å². The topological polar surface area (TPSA) is 85.9 Å². The summed E-state index contributed by atoms with van der Waals surface area (Å²) < 4.78 is 15.7. The lowest BCUT2D eigenvalue weighted by atomic mass is 10.2. The normalized spacial score (nSPS) is 10.2. The maximum Gasteiger partial charge on any atom is 0.276 e. The molecular weight excluding hydrogens is 395 g/mol. The Labute approximate surface area is 166 Å². The van der Waals surface area contributed by atoms with Gasteiger partial charge in [-0.15, -0.1) is 0 Å². The van der Waals surface area contributed by atoms with Gasteiger partial charge in [-0.3, -0.25) is 20.4 Å². The lowest BCUT2D eigenvalue weighted by Gasteiger charge is -2.12. The molecule has 0 radical (unpaired) electrons. The molecule has 2 rings (SSSR count). The van der Waals surface area contributed by atoms with Crippen LogP contribution in [0.25, 0.3) is 0 Å².